The smallest absolute Gasteiger partial charge is 0.245 e. The zero-order valence-corrected chi connectivity index (χ0v) is 19.2. The zero-order chi connectivity index (χ0) is 23.1. The van der Waals surface area contributed by atoms with Gasteiger partial charge in [0.25, 0.3) is 0 Å². The molecule has 32 heavy (non-hydrogen) atoms. The van der Waals surface area contributed by atoms with E-state index in [1.165, 1.54) is 19.2 Å². The number of anilines is 3. The number of benzene rings is 3. The number of hydrogen-bond donors (Lipinski definition) is 1. The SMILES string of the molecule is COc1cc(N(S(C)(=O)=O)S(C)(=O)=O)ccc1Nc1c2ccccc2nc2ccccc12. The van der Waals surface area contributed by atoms with Gasteiger partial charge in [-0.1, -0.05) is 36.4 Å². The Morgan fingerprint density at radius 2 is 1.34 bits per heavy atom. The molecule has 166 valence electrons. The van der Waals surface area contributed by atoms with Crippen molar-refractivity contribution < 1.29 is 21.6 Å². The average Bonchev–Trinajstić information content (AvgIpc) is 2.72. The van der Waals surface area contributed by atoms with Crippen LogP contribution in [0.15, 0.2) is 66.7 Å². The molecule has 0 radical (unpaired) electrons. The molecule has 4 aromatic rings. The highest BCUT2D eigenvalue weighted by Crippen LogP contribution is 2.38. The molecule has 0 spiro atoms. The lowest BCUT2D eigenvalue weighted by atomic mass is 10.1. The molecule has 1 heterocycles. The number of ether oxygens (including phenoxy) is 1. The molecule has 3 aromatic carbocycles. The molecule has 1 aromatic heterocycles. The average molecular weight is 472 g/mol. The molecule has 0 fully saturated rings. The Labute approximate surface area is 186 Å². The lowest BCUT2D eigenvalue weighted by molar-refractivity contribution is 0.417. The van der Waals surface area contributed by atoms with Gasteiger partial charge in [-0.3, -0.25) is 0 Å². The molecule has 10 heteroatoms. The second kappa shape index (κ2) is 7.95. The van der Waals surface area contributed by atoms with Crippen LogP contribution in [-0.2, 0) is 20.0 Å². The summed E-state index contributed by atoms with van der Waals surface area (Å²) in [5, 5.41) is 5.16. The molecule has 0 unspecified atom stereocenters. The van der Waals surface area contributed by atoms with E-state index in [-0.39, 0.29) is 11.4 Å². The summed E-state index contributed by atoms with van der Waals surface area (Å²) in [5.74, 6) is 0.282. The predicted molar refractivity (Wildman–Crippen MR) is 128 cm³/mol. The third-order valence-corrected chi connectivity index (χ3v) is 8.10. The highest BCUT2D eigenvalue weighted by atomic mass is 32.3. The first-order valence-electron chi connectivity index (χ1n) is 9.52. The largest absolute Gasteiger partial charge is 0.494 e. The Hall–Kier alpha value is -3.37. The minimum absolute atomic E-state index is 0.0400. The number of rotatable bonds is 6. The van der Waals surface area contributed by atoms with Crippen LogP contribution >= 0.6 is 0 Å². The Morgan fingerprint density at radius 3 is 1.84 bits per heavy atom. The van der Waals surface area contributed by atoms with Gasteiger partial charge in [0.1, 0.15) is 5.75 Å². The van der Waals surface area contributed by atoms with Gasteiger partial charge < -0.3 is 10.1 Å². The summed E-state index contributed by atoms with van der Waals surface area (Å²) in [6.45, 7) is 0. The summed E-state index contributed by atoms with van der Waals surface area (Å²) in [5.41, 5.74) is 2.93. The van der Waals surface area contributed by atoms with E-state index < -0.39 is 20.0 Å². The summed E-state index contributed by atoms with van der Waals surface area (Å²) in [6, 6.07) is 19.8. The summed E-state index contributed by atoms with van der Waals surface area (Å²) in [7, 11) is -6.71. The van der Waals surface area contributed by atoms with Crippen LogP contribution in [0.1, 0.15) is 0 Å². The lowest BCUT2D eigenvalue weighted by Crippen LogP contribution is -2.35. The first-order chi connectivity index (χ1) is 15.1. The summed E-state index contributed by atoms with van der Waals surface area (Å²) in [6.07, 6.45) is 1.67. The number of aromatic nitrogens is 1. The molecule has 0 aliphatic carbocycles. The number of hydrogen-bond acceptors (Lipinski definition) is 7. The third kappa shape index (κ3) is 4.06. The van der Waals surface area contributed by atoms with E-state index in [1.807, 2.05) is 48.5 Å². The van der Waals surface area contributed by atoms with E-state index >= 15 is 0 Å². The standard InChI is InChI=1S/C22H21N3O5S2/c1-30-21-14-15(25(31(2,26)27)32(3,28)29)12-13-20(21)24-22-16-8-4-6-10-18(16)23-19-11-7-5-9-17(19)22/h4-14H,1-3H3,(H,23,24). The molecule has 0 aliphatic heterocycles. The Balaban J connectivity index is 1.88. The predicted octanol–water partition coefficient (Wildman–Crippen LogP) is 3.87. The van der Waals surface area contributed by atoms with Crippen LogP contribution in [0, 0.1) is 0 Å². The van der Waals surface area contributed by atoms with Gasteiger partial charge >= 0.3 is 0 Å². The van der Waals surface area contributed by atoms with Crippen molar-refractivity contribution in [2.24, 2.45) is 0 Å². The van der Waals surface area contributed by atoms with E-state index in [1.54, 1.807) is 6.07 Å². The fourth-order valence-corrected chi connectivity index (χ4v) is 6.60. The topological polar surface area (TPSA) is 106 Å². The molecule has 4 rings (SSSR count). The summed E-state index contributed by atoms with van der Waals surface area (Å²) < 4.78 is 54.4. The third-order valence-electron chi connectivity index (χ3n) is 4.85. The van der Waals surface area contributed by atoms with Crippen molar-refractivity contribution in [1.29, 1.82) is 0 Å². The summed E-state index contributed by atoms with van der Waals surface area (Å²) in [4.78, 5) is 4.70. The Morgan fingerprint density at radius 1 is 0.812 bits per heavy atom. The van der Waals surface area contributed by atoms with Gasteiger partial charge in [0, 0.05) is 16.8 Å². The number of nitrogens with one attached hydrogen (secondary N) is 1. The van der Waals surface area contributed by atoms with E-state index in [0.29, 0.717) is 9.40 Å². The highest BCUT2D eigenvalue weighted by Gasteiger charge is 2.28. The maximum Gasteiger partial charge on any atom is 0.245 e. The van der Waals surface area contributed by atoms with E-state index in [0.717, 1.165) is 40.0 Å². The highest BCUT2D eigenvalue weighted by molar-refractivity contribution is 8.09. The van der Waals surface area contributed by atoms with Crippen molar-refractivity contribution in [3.63, 3.8) is 0 Å². The minimum atomic E-state index is -4.07. The Bertz CT molecular complexity index is 1460. The second-order valence-electron chi connectivity index (χ2n) is 7.25. The van der Waals surface area contributed by atoms with Crippen LogP contribution in [-0.4, -0.2) is 41.4 Å². The molecule has 0 aliphatic rings. The van der Waals surface area contributed by atoms with Crippen LogP contribution in [0.25, 0.3) is 21.8 Å². The van der Waals surface area contributed by atoms with Crippen molar-refractivity contribution in [1.82, 2.24) is 4.98 Å². The van der Waals surface area contributed by atoms with Crippen molar-refractivity contribution in [2.75, 3.05) is 28.6 Å². The molecule has 0 amide bonds. The van der Waals surface area contributed by atoms with Crippen molar-refractivity contribution in [3.05, 3.63) is 66.7 Å². The second-order valence-corrected chi connectivity index (χ2v) is 11.1. The number of fused-ring (bicyclic) bond motifs is 2. The van der Waals surface area contributed by atoms with Gasteiger partial charge in [-0.15, -0.1) is 0 Å². The fourth-order valence-electron chi connectivity index (χ4n) is 3.63. The molecular weight excluding hydrogens is 450 g/mol. The number of para-hydroxylation sites is 2. The number of nitrogens with zero attached hydrogens (tertiary/aromatic N) is 2. The normalized spacial score (nSPS) is 12.1. The van der Waals surface area contributed by atoms with E-state index in [9.17, 15) is 16.8 Å². The van der Waals surface area contributed by atoms with Gasteiger partial charge in [0.15, 0.2) is 0 Å². The van der Waals surface area contributed by atoms with E-state index in [2.05, 4.69) is 5.32 Å². The van der Waals surface area contributed by atoms with Crippen molar-refractivity contribution in [2.45, 2.75) is 0 Å². The minimum Gasteiger partial charge on any atom is -0.494 e. The van der Waals surface area contributed by atoms with Gasteiger partial charge in [-0.2, -0.15) is 3.71 Å². The van der Waals surface area contributed by atoms with Crippen LogP contribution in [0.3, 0.4) is 0 Å². The molecule has 0 saturated carbocycles. The quantitative estimate of drug-likeness (QED) is 0.426. The van der Waals surface area contributed by atoms with Crippen molar-refractivity contribution in [3.8, 4) is 5.75 Å². The molecule has 0 saturated heterocycles. The van der Waals surface area contributed by atoms with Gasteiger partial charge in [-0.25, -0.2) is 21.8 Å². The molecule has 0 atom stereocenters. The van der Waals surface area contributed by atoms with Crippen molar-refractivity contribution >= 4 is 58.9 Å². The molecule has 0 bridgehead atoms. The number of sulfonamides is 2. The lowest BCUT2D eigenvalue weighted by Gasteiger charge is -2.22. The number of methoxy groups -OCH3 is 1. The first kappa shape index (κ1) is 21.8. The number of pyridine rings is 1. The fraction of sp³-hybridized carbons (Fsp3) is 0.136. The van der Waals surface area contributed by atoms with Crippen LogP contribution in [0.4, 0.5) is 17.1 Å². The molecule has 8 nitrogen and oxygen atoms in total. The molecule has 1 N–H and O–H groups in total. The molecular formula is C22H21N3O5S2. The monoisotopic (exact) mass is 471 g/mol. The van der Waals surface area contributed by atoms with E-state index in [4.69, 9.17) is 9.72 Å². The summed E-state index contributed by atoms with van der Waals surface area (Å²) >= 11 is 0. The van der Waals surface area contributed by atoms with Gasteiger partial charge in [0.2, 0.25) is 20.0 Å². The zero-order valence-electron chi connectivity index (χ0n) is 17.6. The van der Waals surface area contributed by atoms with Crippen LogP contribution in [0.5, 0.6) is 5.75 Å². The first-order valence-corrected chi connectivity index (χ1v) is 13.2. The van der Waals surface area contributed by atoms with Crippen LogP contribution in [0.2, 0.25) is 0 Å². The maximum absolute atomic E-state index is 12.1. The Kier molecular flexibility index (Phi) is 5.43. The van der Waals surface area contributed by atoms with Crippen LogP contribution < -0.4 is 13.8 Å². The maximum atomic E-state index is 12.1. The van der Waals surface area contributed by atoms with Gasteiger partial charge in [0.05, 0.1) is 47.7 Å². The van der Waals surface area contributed by atoms with Gasteiger partial charge in [-0.05, 0) is 24.3 Å².